The van der Waals surface area contributed by atoms with E-state index in [1.807, 2.05) is 12.2 Å². The van der Waals surface area contributed by atoms with Gasteiger partial charge in [0.15, 0.2) is 0 Å². The Morgan fingerprint density at radius 1 is 0.654 bits per heavy atom. The third kappa shape index (κ3) is 1.63. The van der Waals surface area contributed by atoms with Gasteiger partial charge in [0, 0.05) is 0 Å². The Labute approximate surface area is 149 Å². The van der Waals surface area contributed by atoms with E-state index in [-0.39, 0.29) is 73.6 Å². The number of hydrogen-bond acceptors (Lipinski definition) is 6. The van der Waals surface area contributed by atoms with Gasteiger partial charge in [0.05, 0.1) is 50.0 Å². The fourth-order valence-electron chi connectivity index (χ4n) is 6.37. The fourth-order valence-corrected chi connectivity index (χ4v) is 6.37. The summed E-state index contributed by atoms with van der Waals surface area (Å²) in [6.07, 6.45) is 3.90. The average Bonchev–Trinajstić information content (AvgIpc) is 2.97. The molecule has 0 spiro atoms. The van der Waals surface area contributed by atoms with E-state index in [4.69, 9.17) is 10.2 Å². The molecule has 8 heteroatoms. The van der Waals surface area contributed by atoms with Gasteiger partial charge in [-0.25, -0.2) is 0 Å². The summed E-state index contributed by atoms with van der Waals surface area (Å²) in [6, 6.07) is 0. The van der Waals surface area contributed by atoms with E-state index >= 15 is 0 Å². The average molecular weight is 360 g/mol. The Hall–Kier alpha value is -2.06. The second kappa shape index (κ2) is 5.23. The van der Waals surface area contributed by atoms with Gasteiger partial charge in [0.1, 0.15) is 0 Å². The van der Waals surface area contributed by atoms with Crippen molar-refractivity contribution in [2.24, 2.45) is 47.3 Å². The molecule has 2 aliphatic heterocycles. The highest BCUT2D eigenvalue weighted by Gasteiger charge is 2.74. The summed E-state index contributed by atoms with van der Waals surface area (Å²) in [4.78, 5) is 53.2. The molecule has 2 saturated heterocycles. The lowest BCUT2D eigenvalue weighted by atomic mass is 9.40. The molecule has 1 unspecified atom stereocenters. The van der Waals surface area contributed by atoms with Crippen LogP contribution in [0.15, 0.2) is 12.2 Å². The molecule has 4 aliphatic carbocycles. The quantitative estimate of drug-likeness (QED) is 0.453. The highest BCUT2D eigenvalue weighted by Crippen LogP contribution is 2.68. The number of aliphatic hydroxyl groups is 2. The summed E-state index contributed by atoms with van der Waals surface area (Å²) < 4.78 is 0. The summed E-state index contributed by atoms with van der Waals surface area (Å²) in [7, 11) is 0. The van der Waals surface area contributed by atoms with Crippen LogP contribution in [0.25, 0.3) is 0 Å². The molecule has 8 nitrogen and oxygen atoms in total. The Kier molecular flexibility index (Phi) is 3.25. The van der Waals surface area contributed by atoms with Crippen molar-refractivity contribution in [1.29, 1.82) is 0 Å². The number of hydrogen-bond donors (Lipinski definition) is 2. The molecule has 6 aliphatic rings. The molecule has 4 fully saturated rings. The molecular formula is C18H20N2O6. The predicted molar refractivity (Wildman–Crippen MR) is 84.7 cm³/mol. The summed E-state index contributed by atoms with van der Waals surface area (Å²) >= 11 is 0. The maximum atomic E-state index is 12.8. The monoisotopic (exact) mass is 360 g/mol. The molecule has 2 N–H and O–H groups in total. The zero-order valence-corrected chi connectivity index (χ0v) is 14.0. The van der Waals surface area contributed by atoms with Gasteiger partial charge in [-0.05, 0) is 23.7 Å². The first-order valence-electron chi connectivity index (χ1n) is 9.13. The third-order valence-corrected chi connectivity index (χ3v) is 7.17. The zero-order chi connectivity index (χ0) is 18.3. The predicted octanol–water partition coefficient (Wildman–Crippen LogP) is -1.76. The van der Waals surface area contributed by atoms with E-state index < -0.39 is 23.7 Å². The van der Waals surface area contributed by atoms with Gasteiger partial charge in [-0.3, -0.25) is 29.0 Å². The van der Waals surface area contributed by atoms with Gasteiger partial charge in [0.25, 0.3) is 0 Å². The van der Waals surface area contributed by atoms with E-state index in [9.17, 15) is 19.2 Å². The van der Waals surface area contributed by atoms with Crippen LogP contribution in [0.1, 0.15) is 0 Å². The number of carbonyl (C=O) groups is 4. The van der Waals surface area contributed by atoms with E-state index in [1.54, 1.807) is 0 Å². The van der Waals surface area contributed by atoms with Crippen molar-refractivity contribution in [3.05, 3.63) is 12.2 Å². The molecule has 0 radical (unpaired) electrons. The number of amides is 4. The van der Waals surface area contributed by atoms with Crippen LogP contribution in [0.5, 0.6) is 0 Å². The maximum absolute atomic E-state index is 12.8. The molecule has 4 amide bonds. The minimum Gasteiger partial charge on any atom is -0.395 e. The van der Waals surface area contributed by atoms with Crippen molar-refractivity contribution >= 4 is 23.6 Å². The molecule has 6 rings (SSSR count). The number of nitrogens with zero attached hydrogens (tertiary/aromatic N) is 2. The lowest BCUT2D eigenvalue weighted by molar-refractivity contribution is -0.166. The smallest absolute Gasteiger partial charge is 0.233 e. The summed E-state index contributed by atoms with van der Waals surface area (Å²) in [5, 5.41) is 18.3. The molecule has 2 bridgehead atoms. The molecule has 2 heterocycles. The van der Waals surface area contributed by atoms with Crippen molar-refractivity contribution in [3.8, 4) is 0 Å². The van der Waals surface area contributed by atoms with Gasteiger partial charge in [-0.1, -0.05) is 12.2 Å². The molecule has 0 aromatic heterocycles. The number of β-amino-alcohol motifs (C(OH)–C–C–N with tert-alkyl or cyclic N) is 2. The van der Waals surface area contributed by atoms with Gasteiger partial charge in [-0.2, -0.15) is 0 Å². The number of rotatable bonds is 4. The van der Waals surface area contributed by atoms with E-state index in [2.05, 4.69) is 0 Å². The van der Waals surface area contributed by atoms with Gasteiger partial charge >= 0.3 is 0 Å². The Morgan fingerprint density at radius 2 is 1.00 bits per heavy atom. The largest absolute Gasteiger partial charge is 0.395 e. The minimum atomic E-state index is -0.485. The van der Waals surface area contributed by atoms with Crippen LogP contribution in [-0.4, -0.2) is 69.9 Å². The van der Waals surface area contributed by atoms with Gasteiger partial charge in [0.2, 0.25) is 23.6 Å². The van der Waals surface area contributed by atoms with Gasteiger partial charge in [-0.15, -0.1) is 0 Å². The lowest BCUT2D eigenvalue weighted by Gasteiger charge is -2.60. The normalized spacial score (nSPS) is 45.2. The van der Waals surface area contributed by atoms with Crippen LogP contribution in [0.3, 0.4) is 0 Å². The Balaban J connectivity index is 1.51. The third-order valence-electron chi connectivity index (χ3n) is 7.17. The molecule has 2 saturated carbocycles. The number of allylic oxidation sites excluding steroid dienone is 2. The first-order chi connectivity index (χ1) is 12.5. The number of fused-ring (bicyclic) bond motifs is 1. The number of carbonyl (C=O) groups excluding carboxylic acids is 4. The zero-order valence-electron chi connectivity index (χ0n) is 14.0. The SMILES string of the molecule is O=C1[C@@H]2[C@H]3C=C[C@H](C4[C@H]3[C@H]3C(=O)N(CCO)C(=O)[C@@H]43)[C@@H]2C(=O)N1CCO. The van der Waals surface area contributed by atoms with Crippen LogP contribution in [0, 0.1) is 47.3 Å². The molecule has 26 heavy (non-hydrogen) atoms. The second-order valence-corrected chi connectivity index (χ2v) is 7.90. The van der Waals surface area contributed by atoms with Crippen LogP contribution < -0.4 is 0 Å². The lowest BCUT2D eigenvalue weighted by Crippen LogP contribution is -2.63. The van der Waals surface area contributed by atoms with Crippen molar-refractivity contribution in [3.63, 3.8) is 0 Å². The summed E-state index contributed by atoms with van der Waals surface area (Å²) in [5.74, 6) is -3.51. The topological polar surface area (TPSA) is 115 Å². The number of aliphatic hydroxyl groups excluding tert-OH is 2. The number of imide groups is 2. The van der Waals surface area contributed by atoms with Crippen LogP contribution in [0.2, 0.25) is 0 Å². The minimum absolute atomic E-state index is 0.00185. The molecule has 138 valence electrons. The fraction of sp³-hybridized carbons (Fsp3) is 0.667. The highest BCUT2D eigenvalue weighted by molar-refractivity contribution is 6.09. The standard InChI is InChI=1S/C18H20N2O6/c21-5-3-19-15(23)11-7-1-2-8(12(11)16(19)24)10-9(7)13-14(10)18(26)20(4-6-22)17(13)25/h1-2,7-14,21-22H,3-6H2/t7-,8+,9-,10?,11+,12-,13+,14-/m0/s1. The Bertz CT molecular complexity index is 707. The van der Waals surface area contributed by atoms with Crippen LogP contribution in [0.4, 0.5) is 0 Å². The van der Waals surface area contributed by atoms with Crippen LogP contribution >= 0.6 is 0 Å². The van der Waals surface area contributed by atoms with E-state index in [0.717, 1.165) is 9.80 Å². The van der Waals surface area contributed by atoms with Gasteiger partial charge < -0.3 is 10.2 Å². The van der Waals surface area contributed by atoms with Crippen molar-refractivity contribution < 1.29 is 29.4 Å². The van der Waals surface area contributed by atoms with Crippen molar-refractivity contribution in [2.75, 3.05) is 26.3 Å². The first kappa shape index (κ1) is 16.1. The maximum Gasteiger partial charge on any atom is 0.233 e. The highest BCUT2D eigenvalue weighted by atomic mass is 16.3. The summed E-state index contributed by atoms with van der Waals surface area (Å²) in [6.45, 7) is -0.545. The molecular weight excluding hydrogens is 340 g/mol. The van der Waals surface area contributed by atoms with Crippen LogP contribution in [-0.2, 0) is 19.2 Å². The van der Waals surface area contributed by atoms with E-state index in [1.165, 1.54) is 0 Å². The molecule has 0 aromatic carbocycles. The Morgan fingerprint density at radius 3 is 1.35 bits per heavy atom. The molecule has 0 aromatic rings. The van der Waals surface area contributed by atoms with Crippen molar-refractivity contribution in [2.45, 2.75) is 0 Å². The first-order valence-corrected chi connectivity index (χ1v) is 9.13. The molecule has 8 atom stereocenters. The summed E-state index contributed by atoms with van der Waals surface area (Å²) in [5.41, 5.74) is 0. The number of likely N-dealkylation sites (tertiary alicyclic amines) is 2. The second-order valence-electron chi connectivity index (χ2n) is 7.90. The van der Waals surface area contributed by atoms with Crippen molar-refractivity contribution in [1.82, 2.24) is 9.80 Å². The van der Waals surface area contributed by atoms with E-state index in [0.29, 0.717) is 0 Å².